The zero-order valence-electron chi connectivity index (χ0n) is 20.4. The number of carbonyl (C=O) groups excluding carboxylic acids is 1. The first-order chi connectivity index (χ1) is 16.7. The van der Waals surface area contributed by atoms with E-state index in [-0.39, 0.29) is 23.5 Å². The maximum absolute atomic E-state index is 12.6. The highest BCUT2D eigenvalue weighted by molar-refractivity contribution is 7.98. The predicted octanol–water partition coefficient (Wildman–Crippen LogP) is 5.61. The summed E-state index contributed by atoms with van der Waals surface area (Å²) in [4.78, 5) is 30.5. The van der Waals surface area contributed by atoms with Crippen molar-refractivity contribution in [2.45, 2.75) is 43.8 Å². The van der Waals surface area contributed by atoms with Crippen LogP contribution in [0.25, 0.3) is 5.65 Å². The second kappa shape index (κ2) is 10.4. The number of hydrogen-bond acceptors (Lipinski definition) is 5. The SMILES string of the molecule is Cc1ccn2c(=O)cc(CSc3ccccc3NC(=O)COc3ccc(C(C)(C)C)cc3)nc2c1. The van der Waals surface area contributed by atoms with Gasteiger partial charge in [-0.1, -0.05) is 45.0 Å². The number of aromatic nitrogens is 2. The summed E-state index contributed by atoms with van der Waals surface area (Å²) in [5, 5.41) is 2.93. The highest BCUT2D eigenvalue weighted by Gasteiger charge is 2.14. The topological polar surface area (TPSA) is 72.7 Å². The lowest BCUT2D eigenvalue weighted by Crippen LogP contribution is -2.20. The minimum atomic E-state index is -0.240. The number of anilines is 1. The zero-order valence-corrected chi connectivity index (χ0v) is 21.2. The number of nitrogens with zero attached hydrogens (tertiary/aromatic N) is 2. The van der Waals surface area contributed by atoms with Crippen molar-refractivity contribution in [3.8, 4) is 5.75 Å². The van der Waals surface area contributed by atoms with E-state index in [4.69, 9.17) is 4.74 Å². The van der Waals surface area contributed by atoms with Gasteiger partial charge in [-0.3, -0.25) is 14.0 Å². The number of para-hydroxylation sites is 1. The van der Waals surface area contributed by atoms with Gasteiger partial charge < -0.3 is 10.1 Å². The van der Waals surface area contributed by atoms with E-state index in [1.54, 1.807) is 12.3 Å². The van der Waals surface area contributed by atoms with Gasteiger partial charge in [-0.15, -0.1) is 11.8 Å². The molecule has 0 fully saturated rings. The lowest BCUT2D eigenvalue weighted by molar-refractivity contribution is -0.118. The molecule has 2 aromatic carbocycles. The smallest absolute Gasteiger partial charge is 0.262 e. The first-order valence-corrected chi connectivity index (χ1v) is 12.4. The van der Waals surface area contributed by atoms with Crippen LogP contribution in [-0.4, -0.2) is 21.9 Å². The van der Waals surface area contributed by atoms with Gasteiger partial charge in [0.15, 0.2) is 6.61 Å². The molecule has 1 amide bonds. The maximum Gasteiger partial charge on any atom is 0.262 e. The molecule has 4 aromatic rings. The third kappa shape index (κ3) is 6.31. The van der Waals surface area contributed by atoms with Gasteiger partial charge >= 0.3 is 0 Å². The first-order valence-electron chi connectivity index (χ1n) is 11.4. The molecule has 0 saturated heterocycles. The molecule has 35 heavy (non-hydrogen) atoms. The van der Waals surface area contributed by atoms with E-state index in [0.717, 1.165) is 10.5 Å². The molecule has 4 rings (SSSR count). The van der Waals surface area contributed by atoms with Crippen molar-refractivity contribution in [1.82, 2.24) is 9.38 Å². The minimum absolute atomic E-state index is 0.0622. The highest BCUT2D eigenvalue weighted by Crippen LogP contribution is 2.29. The lowest BCUT2D eigenvalue weighted by Gasteiger charge is -2.19. The largest absolute Gasteiger partial charge is 0.484 e. The Kier molecular flexibility index (Phi) is 7.26. The van der Waals surface area contributed by atoms with E-state index in [1.807, 2.05) is 67.6 Å². The average Bonchev–Trinajstić information content (AvgIpc) is 2.81. The van der Waals surface area contributed by atoms with Crippen LogP contribution in [0.5, 0.6) is 5.75 Å². The number of rotatable bonds is 7. The number of carbonyl (C=O) groups is 1. The number of benzene rings is 2. The number of ether oxygens (including phenoxy) is 1. The van der Waals surface area contributed by atoms with Crippen molar-refractivity contribution >= 4 is 29.0 Å². The molecule has 0 atom stereocenters. The number of pyridine rings is 1. The number of aryl methyl sites for hydroxylation is 1. The van der Waals surface area contributed by atoms with Gasteiger partial charge in [-0.05, 0) is 59.9 Å². The van der Waals surface area contributed by atoms with Crippen molar-refractivity contribution in [2.75, 3.05) is 11.9 Å². The van der Waals surface area contributed by atoms with Crippen LogP contribution in [0.1, 0.15) is 37.6 Å². The van der Waals surface area contributed by atoms with Gasteiger partial charge in [0.05, 0.1) is 11.4 Å². The van der Waals surface area contributed by atoms with Crippen LogP contribution in [0.2, 0.25) is 0 Å². The summed E-state index contributed by atoms with van der Waals surface area (Å²) in [6, 6.07) is 20.7. The monoisotopic (exact) mass is 487 g/mol. The number of nitrogens with one attached hydrogen (secondary N) is 1. The molecule has 0 unspecified atom stereocenters. The molecule has 0 spiro atoms. The Morgan fingerprint density at radius 2 is 1.80 bits per heavy atom. The van der Waals surface area contributed by atoms with Gasteiger partial charge in [0.25, 0.3) is 11.5 Å². The van der Waals surface area contributed by atoms with Crippen LogP contribution in [0.3, 0.4) is 0 Å². The number of amides is 1. The summed E-state index contributed by atoms with van der Waals surface area (Å²) >= 11 is 1.52. The van der Waals surface area contributed by atoms with Crippen LogP contribution in [0.4, 0.5) is 5.69 Å². The quantitative estimate of drug-likeness (QED) is 0.343. The van der Waals surface area contributed by atoms with Gasteiger partial charge in [0.2, 0.25) is 0 Å². The highest BCUT2D eigenvalue weighted by atomic mass is 32.2. The fourth-order valence-corrected chi connectivity index (χ4v) is 4.46. The van der Waals surface area contributed by atoms with Crippen molar-refractivity contribution in [3.63, 3.8) is 0 Å². The minimum Gasteiger partial charge on any atom is -0.484 e. The second-order valence-electron chi connectivity index (χ2n) is 9.41. The van der Waals surface area contributed by atoms with Crippen molar-refractivity contribution in [1.29, 1.82) is 0 Å². The molecule has 2 aromatic heterocycles. The van der Waals surface area contributed by atoms with Crippen LogP contribution >= 0.6 is 11.8 Å². The molecule has 0 radical (unpaired) electrons. The number of fused-ring (bicyclic) bond motifs is 1. The molecule has 1 N–H and O–H groups in total. The molecule has 0 bridgehead atoms. The Hall–Kier alpha value is -3.58. The molecule has 0 aliphatic carbocycles. The molecule has 0 aliphatic rings. The van der Waals surface area contributed by atoms with Crippen LogP contribution in [0, 0.1) is 6.92 Å². The van der Waals surface area contributed by atoms with E-state index < -0.39 is 0 Å². The summed E-state index contributed by atoms with van der Waals surface area (Å²) < 4.78 is 7.21. The van der Waals surface area contributed by atoms with E-state index in [9.17, 15) is 9.59 Å². The zero-order chi connectivity index (χ0) is 25.0. The van der Waals surface area contributed by atoms with E-state index in [1.165, 1.54) is 21.7 Å². The van der Waals surface area contributed by atoms with Crippen molar-refractivity contribution in [2.24, 2.45) is 0 Å². The Morgan fingerprint density at radius 1 is 1.06 bits per heavy atom. The first kappa shape index (κ1) is 24.5. The molecular formula is C28H29N3O3S. The van der Waals surface area contributed by atoms with Gasteiger partial charge in [-0.2, -0.15) is 0 Å². The summed E-state index contributed by atoms with van der Waals surface area (Å²) in [6.45, 7) is 8.34. The maximum atomic E-state index is 12.6. The number of thioether (sulfide) groups is 1. The summed E-state index contributed by atoms with van der Waals surface area (Å²) in [5.74, 6) is 0.915. The summed E-state index contributed by atoms with van der Waals surface area (Å²) in [5.41, 5.74) is 4.21. The molecule has 0 aliphatic heterocycles. The van der Waals surface area contributed by atoms with Gasteiger partial charge in [-0.25, -0.2) is 4.98 Å². The van der Waals surface area contributed by atoms with Crippen LogP contribution in [0.15, 0.2) is 82.6 Å². The lowest BCUT2D eigenvalue weighted by atomic mass is 9.87. The van der Waals surface area contributed by atoms with Crippen LogP contribution in [-0.2, 0) is 16.0 Å². The Bertz CT molecular complexity index is 1410. The average molecular weight is 488 g/mol. The number of hydrogen-bond donors (Lipinski definition) is 1. The fraction of sp³-hybridized carbons (Fsp3) is 0.250. The molecule has 7 heteroatoms. The van der Waals surface area contributed by atoms with Gasteiger partial charge in [0.1, 0.15) is 11.4 Å². The third-order valence-corrected chi connectivity index (χ3v) is 6.61. The van der Waals surface area contributed by atoms with Gasteiger partial charge in [0, 0.05) is 22.9 Å². The van der Waals surface area contributed by atoms with Crippen LogP contribution < -0.4 is 15.6 Å². The summed E-state index contributed by atoms with van der Waals surface area (Å²) in [7, 11) is 0. The molecule has 2 heterocycles. The van der Waals surface area contributed by atoms with Crippen molar-refractivity contribution in [3.05, 3.63) is 100 Å². The van der Waals surface area contributed by atoms with Crippen molar-refractivity contribution < 1.29 is 9.53 Å². The Balaban J connectivity index is 1.39. The standard InChI is InChI=1S/C28H29N3O3S/c1-19-13-14-31-25(15-19)29-21(16-27(31)33)18-35-24-8-6-5-7-23(24)30-26(32)17-34-22-11-9-20(10-12-22)28(2,3)4/h5-16H,17-18H2,1-4H3,(H,30,32). The fourth-order valence-electron chi connectivity index (χ4n) is 3.56. The third-order valence-electron chi connectivity index (χ3n) is 5.50. The molecule has 6 nitrogen and oxygen atoms in total. The van der Waals surface area contributed by atoms with E-state index in [2.05, 4.69) is 31.1 Å². The Morgan fingerprint density at radius 3 is 2.54 bits per heavy atom. The summed E-state index contributed by atoms with van der Waals surface area (Å²) in [6.07, 6.45) is 1.74. The predicted molar refractivity (Wildman–Crippen MR) is 141 cm³/mol. The molecular weight excluding hydrogens is 458 g/mol. The normalized spacial score (nSPS) is 11.4. The van der Waals surface area contributed by atoms with E-state index >= 15 is 0 Å². The molecule has 0 saturated carbocycles. The second-order valence-corrected chi connectivity index (χ2v) is 10.4. The van der Waals surface area contributed by atoms with E-state index in [0.29, 0.717) is 28.5 Å². The molecule has 180 valence electrons. The Labute approximate surface area is 209 Å².